The van der Waals surface area contributed by atoms with Crippen LogP contribution in [0.2, 0.25) is 10.0 Å². The van der Waals surface area contributed by atoms with Crippen LogP contribution in [0.25, 0.3) is 0 Å². The second kappa shape index (κ2) is 4.97. The van der Waals surface area contributed by atoms with Crippen LogP contribution in [0, 0.1) is 11.3 Å². The minimum atomic E-state index is 0.111. The van der Waals surface area contributed by atoms with E-state index < -0.39 is 0 Å². The van der Waals surface area contributed by atoms with Crippen LogP contribution in [-0.2, 0) is 4.79 Å². The summed E-state index contributed by atoms with van der Waals surface area (Å²) in [6.07, 6.45) is 3.22. The molecular formula is C14H16Cl2N2O. The van der Waals surface area contributed by atoms with E-state index in [1.807, 2.05) is 0 Å². The first-order valence-corrected chi connectivity index (χ1v) is 7.33. The zero-order valence-electron chi connectivity index (χ0n) is 10.5. The molecule has 3 rings (SSSR count). The molecule has 1 aromatic carbocycles. The fourth-order valence-corrected chi connectivity index (χ4v) is 3.30. The molecule has 0 bridgehead atoms. The number of hydrogen-bond acceptors (Lipinski definition) is 2. The Morgan fingerprint density at radius 3 is 2.68 bits per heavy atom. The van der Waals surface area contributed by atoms with Gasteiger partial charge < -0.3 is 10.6 Å². The highest BCUT2D eigenvalue weighted by Crippen LogP contribution is 2.58. The van der Waals surface area contributed by atoms with Crippen LogP contribution < -0.4 is 10.6 Å². The quantitative estimate of drug-likeness (QED) is 0.879. The monoisotopic (exact) mass is 298 g/mol. The minimum Gasteiger partial charge on any atom is -0.326 e. The largest absolute Gasteiger partial charge is 0.326 e. The predicted molar refractivity (Wildman–Crippen MR) is 77.7 cm³/mol. The van der Waals surface area contributed by atoms with Crippen LogP contribution in [-0.4, -0.2) is 19.0 Å². The first-order chi connectivity index (χ1) is 9.11. The molecule has 1 unspecified atom stereocenters. The first kappa shape index (κ1) is 13.2. The molecule has 1 saturated heterocycles. The third-order valence-electron chi connectivity index (χ3n) is 4.29. The molecule has 1 heterocycles. The molecule has 1 spiro atoms. The van der Waals surface area contributed by atoms with Gasteiger partial charge in [-0.15, -0.1) is 0 Å². The molecule has 1 atom stereocenters. The van der Waals surface area contributed by atoms with Gasteiger partial charge in [-0.3, -0.25) is 4.79 Å². The van der Waals surface area contributed by atoms with Crippen molar-refractivity contribution in [3.8, 4) is 0 Å². The Balaban J connectivity index is 1.64. The van der Waals surface area contributed by atoms with Crippen LogP contribution >= 0.6 is 23.2 Å². The summed E-state index contributed by atoms with van der Waals surface area (Å²) in [4.78, 5) is 12.2. The summed E-state index contributed by atoms with van der Waals surface area (Å²) in [5.41, 5.74) is 0.973. The Bertz CT molecular complexity index is 512. The standard InChI is InChI=1S/C14H16Cl2N2O/c15-11-2-1-9(7-12(11)16)18-13(19)10-8-14(10)3-5-17-6-4-14/h1-2,7,10,17H,3-6,8H2,(H,18,19). The smallest absolute Gasteiger partial charge is 0.228 e. The Hall–Kier alpha value is -0.770. The highest BCUT2D eigenvalue weighted by atomic mass is 35.5. The van der Waals surface area contributed by atoms with E-state index in [1.54, 1.807) is 18.2 Å². The highest BCUT2D eigenvalue weighted by Gasteiger charge is 2.57. The van der Waals surface area contributed by atoms with Crippen molar-refractivity contribution in [1.82, 2.24) is 5.32 Å². The van der Waals surface area contributed by atoms with Crippen molar-refractivity contribution >= 4 is 34.8 Å². The number of piperidine rings is 1. The molecule has 2 N–H and O–H groups in total. The molecular weight excluding hydrogens is 283 g/mol. The molecule has 1 aliphatic heterocycles. The molecule has 1 saturated carbocycles. The van der Waals surface area contributed by atoms with Crippen LogP contribution in [0.4, 0.5) is 5.69 Å². The highest BCUT2D eigenvalue weighted by molar-refractivity contribution is 6.42. The van der Waals surface area contributed by atoms with Crippen molar-refractivity contribution in [3.05, 3.63) is 28.2 Å². The molecule has 2 aliphatic rings. The first-order valence-electron chi connectivity index (χ1n) is 6.57. The summed E-state index contributed by atoms with van der Waals surface area (Å²) in [6.45, 7) is 2.05. The normalized spacial score (nSPS) is 24.2. The van der Waals surface area contributed by atoms with E-state index in [-0.39, 0.29) is 17.2 Å². The van der Waals surface area contributed by atoms with E-state index >= 15 is 0 Å². The van der Waals surface area contributed by atoms with Gasteiger partial charge in [-0.25, -0.2) is 0 Å². The van der Waals surface area contributed by atoms with Crippen molar-refractivity contribution in [2.45, 2.75) is 19.3 Å². The molecule has 0 radical (unpaired) electrons. The van der Waals surface area contributed by atoms with E-state index in [2.05, 4.69) is 10.6 Å². The third kappa shape index (κ3) is 2.60. The molecule has 1 amide bonds. The number of nitrogens with one attached hydrogen (secondary N) is 2. The lowest BCUT2D eigenvalue weighted by Crippen LogP contribution is -2.31. The van der Waals surface area contributed by atoms with Gasteiger partial charge in [-0.1, -0.05) is 23.2 Å². The van der Waals surface area contributed by atoms with Crippen molar-refractivity contribution in [2.75, 3.05) is 18.4 Å². The van der Waals surface area contributed by atoms with Crippen LogP contribution in [0.15, 0.2) is 18.2 Å². The summed E-state index contributed by atoms with van der Waals surface area (Å²) < 4.78 is 0. The Morgan fingerprint density at radius 2 is 2.00 bits per heavy atom. The molecule has 102 valence electrons. The Labute approximate surface area is 122 Å². The lowest BCUT2D eigenvalue weighted by Gasteiger charge is -2.23. The summed E-state index contributed by atoms with van der Waals surface area (Å²) in [5.74, 6) is 0.268. The van der Waals surface area contributed by atoms with Gasteiger partial charge in [0.25, 0.3) is 0 Å². The molecule has 19 heavy (non-hydrogen) atoms. The number of anilines is 1. The summed E-state index contributed by atoms with van der Waals surface area (Å²) in [7, 11) is 0. The fourth-order valence-electron chi connectivity index (χ4n) is 3.00. The van der Waals surface area contributed by atoms with Crippen molar-refractivity contribution in [2.24, 2.45) is 11.3 Å². The lowest BCUT2D eigenvalue weighted by atomic mass is 9.92. The number of rotatable bonds is 2. The number of amides is 1. The van der Waals surface area contributed by atoms with Crippen molar-refractivity contribution in [1.29, 1.82) is 0 Å². The van der Waals surface area contributed by atoms with E-state index in [4.69, 9.17) is 23.2 Å². The van der Waals surface area contributed by atoms with Gasteiger partial charge in [-0.05, 0) is 56.0 Å². The Kier molecular flexibility index (Phi) is 3.46. The van der Waals surface area contributed by atoms with Gasteiger partial charge in [0.15, 0.2) is 0 Å². The fraction of sp³-hybridized carbons (Fsp3) is 0.500. The zero-order valence-corrected chi connectivity index (χ0v) is 12.0. The number of carbonyl (C=O) groups excluding carboxylic acids is 1. The summed E-state index contributed by atoms with van der Waals surface area (Å²) in [5, 5.41) is 7.25. The van der Waals surface area contributed by atoms with E-state index in [0.29, 0.717) is 10.0 Å². The minimum absolute atomic E-state index is 0.111. The zero-order chi connectivity index (χ0) is 13.5. The van der Waals surface area contributed by atoms with Crippen LogP contribution in [0.1, 0.15) is 19.3 Å². The summed E-state index contributed by atoms with van der Waals surface area (Å²) in [6, 6.07) is 5.18. The molecule has 2 fully saturated rings. The number of carbonyl (C=O) groups is 1. The van der Waals surface area contributed by atoms with Crippen molar-refractivity contribution < 1.29 is 4.79 Å². The number of hydrogen-bond donors (Lipinski definition) is 2. The third-order valence-corrected chi connectivity index (χ3v) is 5.03. The number of benzene rings is 1. The summed E-state index contributed by atoms with van der Waals surface area (Å²) >= 11 is 11.8. The molecule has 0 aromatic heterocycles. The lowest BCUT2D eigenvalue weighted by molar-refractivity contribution is -0.118. The van der Waals surface area contributed by atoms with E-state index in [0.717, 1.165) is 38.0 Å². The van der Waals surface area contributed by atoms with Gasteiger partial charge in [0, 0.05) is 11.6 Å². The topological polar surface area (TPSA) is 41.1 Å². The van der Waals surface area contributed by atoms with Gasteiger partial charge in [0.1, 0.15) is 0 Å². The van der Waals surface area contributed by atoms with Crippen LogP contribution in [0.3, 0.4) is 0 Å². The van der Waals surface area contributed by atoms with Gasteiger partial charge >= 0.3 is 0 Å². The van der Waals surface area contributed by atoms with Gasteiger partial charge in [0.05, 0.1) is 10.0 Å². The van der Waals surface area contributed by atoms with Crippen molar-refractivity contribution in [3.63, 3.8) is 0 Å². The second-order valence-corrected chi connectivity index (χ2v) is 6.30. The molecule has 3 nitrogen and oxygen atoms in total. The van der Waals surface area contributed by atoms with E-state index in [1.165, 1.54) is 0 Å². The van der Waals surface area contributed by atoms with E-state index in [9.17, 15) is 4.79 Å². The maximum atomic E-state index is 12.2. The molecule has 5 heteroatoms. The maximum absolute atomic E-state index is 12.2. The Morgan fingerprint density at radius 1 is 1.26 bits per heavy atom. The average molecular weight is 299 g/mol. The van der Waals surface area contributed by atoms with Gasteiger partial charge in [-0.2, -0.15) is 0 Å². The SMILES string of the molecule is O=C(Nc1ccc(Cl)c(Cl)c1)C1CC12CCNCC2. The predicted octanol–water partition coefficient (Wildman–Crippen LogP) is 3.32. The maximum Gasteiger partial charge on any atom is 0.228 e. The molecule has 1 aliphatic carbocycles. The second-order valence-electron chi connectivity index (χ2n) is 5.49. The number of halogens is 2. The molecule has 1 aromatic rings. The van der Waals surface area contributed by atoms with Crippen LogP contribution in [0.5, 0.6) is 0 Å². The van der Waals surface area contributed by atoms with Gasteiger partial charge in [0.2, 0.25) is 5.91 Å². The average Bonchev–Trinajstić information content (AvgIpc) is 3.08.